The van der Waals surface area contributed by atoms with E-state index in [-0.39, 0.29) is 25.2 Å². The molecular formula is C20H20O4. The van der Waals surface area contributed by atoms with Gasteiger partial charge in [-0.05, 0) is 29.7 Å². The standard InChI is InChI=1S/C20H20O4/c1-16(21)23-14-6-3-7-15-24-20(22)19-12-10-18(11-13-19)17-8-4-2-5-9-17/h2-6,8-13H,7,14-15H2,1H3/b6-3+. The fourth-order valence-corrected chi connectivity index (χ4v) is 2.08. The molecule has 24 heavy (non-hydrogen) atoms. The Morgan fingerprint density at radius 3 is 2.21 bits per heavy atom. The normalized spacial score (nSPS) is 10.5. The average Bonchev–Trinajstić information content (AvgIpc) is 2.61. The van der Waals surface area contributed by atoms with Crippen molar-refractivity contribution in [3.8, 4) is 11.1 Å². The van der Waals surface area contributed by atoms with Crippen LogP contribution in [0, 0.1) is 0 Å². The summed E-state index contributed by atoms with van der Waals surface area (Å²) in [6.07, 6.45) is 4.12. The van der Waals surface area contributed by atoms with Gasteiger partial charge in [0.05, 0.1) is 12.2 Å². The summed E-state index contributed by atoms with van der Waals surface area (Å²) in [6.45, 7) is 1.89. The maximum Gasteiger partial charge on any atom is 0.338 e. The number of esters is 2. The zero-order valence-corrected chi connectivity index (χ0v) is 13.6. The quantitative estimate of drug-likeness (QED) is 0.438. The van der Waals surface area contributed by atoms with Crippen LogP contribution in [-0.2, 0) is 14.3 Å². The van der Waals surface area contributed by atoms with Gasteiger partial charge in [0.25, 0.3) is 0 Å². The molecule has 4 nitrogen and oxygen atoms in total. The minimum Gasteiger partial charge on any atom is -0.462 e. The molecule has 4 heteroatoms. The van der Waals surface area contributed by atoms with Crippen molar-refractivity contribution in [2.75, 3.05) is 13.2 Å². The maximum absolute atomic E-state index is 12.0. The molecule has 2 aromatic rings. The first kappa shape index (κ1) is 17.5. The lowest BCUT2D eigenvalue weighted by molar-refractivity contribution is -0.139. The smallest absolute Gasteiger partial charge is 0.338 e. The lowest BCUT2D eigenvalue weighted by Crippen LogP contribution is -2.05. The second kappa shape index (κ2) is 9.30. The van der Waals surface area contributed by atoms with E-state index in [0.29, 0.717) is 12.0 Å². The highest BCUT2D eigenvalue weighted by atomic mass is 16.5. The van der Waals surface area contributed by atoms with Crippen molar-refractivity contribution in [1.29, 1.82) is 0 Å². The van der Waals surface area contributed by atoms with E-state index < -0.39 is 0 Å². The van der Waals surface area contributed by atoms with Crippen molar-refractivity contribution < 1.29 is 19.1 Å². The molecule has 0 atom stereocenters. The summed E-state index contributed by atoms with van der Waals surface area (Å²) in [6, 6.07) is 17.3. The summed E-state index contributed by atoms with van der Waals surface area (Å²) in [7, 11) is 0. The number of benzene rings is 2. The number of carbonyl (C=O) groups excluding carboxylic acids is 2. The first-order chi connectivity index (χ1) is 11.7. The summed E-state index contributed by atoms with van der Waals surface area (Å²) < 4.78 is 9.96. The van der Waals surface area contributed by atoms with Crippen molar-refractivity contribution in [2.24, 2.45) is 0 Å². The zero-order chi connectivity index (χ0) is 17.2. The Balaban J connectivity index is 1.78. The summed E-state index contributed by atoms with van der Waals surface area (Å²) in [5.41, 5.74) is 2.69. The molecule has 0 aromatic heterocycles. The highest BCUT2D eigenvalue weighted by Crippen LogP contribution is 2.19. The molecule has 0 bridgehead atoms. The van der Waals surface area contributed by atoms with Crippen LogP contribution in [0.2, 0.25) is 0 Å². The van der Waals surface area contributed by atoms with Crippen molar-refractivity contribution in [2.45, 2.75) is 13.3 Å². The van der Waals surface area contributed by atoms with E-state index in [9.17, 15) is 9.59 Å². The van der Waals surface area contributed by atoms with E-state index >= 15 is 0 Å². The topological polar surface area (TPSA) is 52.6 Å². The second-order valence-electron chi connectivity index (χ2n) is 5.14. The number of hydrogen-bond donors (Lipinski definition) is 0. The molecular weight excluding hydrogens is 304 g/mol. The summed E-state index contributed by atoms with van der Waals surface area (Å²) in [4.78, 5) is 22.5. The fraction of sp³-hybridized carbons (Fsp3) is 0.200. The van der Waals surface area contributed by atoms with E-state index in [1.54, 1.807) is 18.2 Å². The maximum atomic E-state index is 12.0. The second-order valence-corrected chi connectivity index (χ2v) is 5.14. The molecule has 0 aliphatic heterocycles. The molecule has 2 aromatic carbocycles. The van der Waals surface area contributed by atoms with Crippen molar-refractivity contribution in [1.82, 2.24) is 0 Å². The van der Waals surface area contributed by atoms with E-state index in [0.717, 1.165) is 11.1 Å². The molecule has 0 amide bonds. The van der Waals surface area contributed by atoms with Gasteiger partial charge >= 0.3 is 11.9 Å². The third kappa shape index (κ3) is 5.72. The molecule has 0 spiro atoms. The van der Waals surface area contributed by atoms with Gasteiger partial charge in [0.2, 0.25) is 0 Å². The SMILES string of the molecule is CC(=O)OC/C=C/CCOC(=O)c1ccc(-c2ccccc2)cc1. The van der Waals surface area contributed by atoms with Crippen molar-refractivity contribution in [3.63, 3.8) is 0 Å². The van der Waals surface area contributed by atoms with Gasteiger partial charge < -0.3 is 9.47 Å². The first-order valence-electron chi connectivity index (χ1n) is 7.78. The van der Waals surface area contributed by atoms with Gasteiger partial charge in [-0.1, -0.05) is 54.6 Å². The number of ether oxygens (including phenoxy) is 2. The molecule has 0 saturated heterocycles. The molecule has 0 saturated carbocycles. The predicted molar refractivity (Wildman–Crippen MR) is 92.6 cm³/mol. The van der Waals surface area contributed by atoms with Gasteiger partial charge in [0.15, 0.2) is 0 Å². The molecule has 124 valence electrons. The number of rotatable bonds is 7. The monoisotopic (exact) mass is 324 g/mol. The number of hydrogen-bond acceptors (Lipinski definition) is 4. The Hall–Kier alpha value is -2.88. The Labute approximate surface area is 141 Å². The molecule has 0 heterocycles. The van der Waals surface area contributed by atoms with Gasteiger partial charge in [0.1, 0.15) is 6.61 Å². The largest absolute Gasteiger partial charge is 0.462 e. The minimum absolute atomic E-state index is 0.240. The van der Waals surface area contributed by atoms with Gasteiger partial charge in [-0.3, -0.25) is 4.79 Å². The summed E-state index contributed by atoms with van der Waals surface area (Å²) >= 11 is 0. The summed E-state index contributed by atoms with van der Waals surface area (Å²) in [5, 5.41) is 0. The molecule has 0 aliphatic carbocycles. The highest BCUT2D eigenvalue weighted by molar-refractivity contribution is 5.90. The Morgan fingerprint density at radius 1 is 0.875 bits per heavy atom. The lowest BCUT2D eigenvalue weighted by Gasteiger charge is -2.05. The van der Waals surface area contributed by atoms with Gasteiger partial charge in [-0.15, -0.1) is 0 Å². The van der Waals surface area contributed by atoms with Gasteiger partial charge in [-0.2, -0.15) is 0 Å². The third-order valence-electron chi connectivity index (χ3n) is 3.29. The van der Waals surface area contributed by atoms with Crippen LogP contribution in [-0.4, -0.2) is 25.2 Å². The Morgan fingerprint density at radius 2 is 1.54 bits per heavy atom. The average molecular weight is 324 g/mol. The molecule has 0 radical (unpaired) electrons. The van der Waals surface area contributed by atoms with Crippen LogP contribution >= 0.6 is 0 Å². The van der Waals surface area contributed by atoms with E-state index in [1.165, 1.54) is 6.92 Å². The summed E-state index contributed by atoms with van der Waals surface area (Å²) in [5.74, 6) is -0.659. The zero-order valence-electron chi connectivity index (χ0n) is 13.6. The van der Waals surface area contributed by atoms with Crippen molar-refractivity contribution >= 4 is 11.9 Å². The third-order valence-corrected chi connectivity index (χ3v) is 3.29. The van der Waals surface area contributed by atoms with E-state index in [4.69, 9.17) is 9.47 Å². The fourth-order valence-electron chi connectivity index (χ4n) is 2.08. The van der Waals surface area contributed by atoms with Crippen LogP contribution < -0.4 is 0 Å². The minimum atomic E-state index is -0.344. The molecule has 0 fully saturated rings. The molecule has 0 aliphatic rings. The van der Waals surface area contributed by atoms with Crippen LogP contribution in [0.1, 0.15) is 23.7 Å². The molecule has 0 unspecified atom stereocenters. The molecule has 2 rings (SSSR count). The van der Waals surface area contributed by atoms with Crippen LogP contribution in [0.15, 0.2) is 66.7 Å². The number of carbonyl (C=O) groups is 2. The highest BCUT2D eigenvalue weighted by Gasteiger charge is 2.06. The van der Waals surface area contributed by atoms with Crippen LogP contribution in [0.3, 0.4) is 0 Å². The molecule has 0 N–H and O–H groups in total. The van der Waals surface area contributed by atoms with E-state index in [1.807, 2.05) is 48.5 Å². The Kier molecular flexibility index (Phi) is 6.77. The van der Waals surface area contributed by atoms with Gasteiger partial charge in [0, 0.05) is 6.92 Å². The lowest BCUT2D eigenvalue weighted by atomic mass is 10.0. The van der Waals surface area contributed by atoms with Gasteiger partial charge in [-0.25, -0.2) is 4.79 Å². The first-order valence-corrected chi connectivity index (χ1v) is 7.78. The van der Waals surface area contributed by atoms with Crippen LogP contribution in [0.5, 0.6) is 0 Å². The van der Waals surface area contributed by atoms with Crippen LogP contribution in [0.4, 0.5) is 0 Å². The predicted octanol–water partition coefficient (Wildman–Crippen LogP) is 4.02. The van der Waals surface area contributed by atoms with E-state index in [2.05, 4.69) is 0 Å². The Bertz CT molecular complexity index is 687. The van der Waals surface area contributed by atoms with Crippen molar-refractivity contribution in [3.05, 3.63) is 72.3 Å². The van der Waals surface area contributed by atoms with Crippen LogP contribution in [0.25, 0.3) is 11.1 Å².